The van der Waals surface area contributed by atoms with E-state index in [1.54, 1.807) is 6.92 Å². The fraction of sp³-hybridized carbons (Fsp3) is 0.333. The third-order valence-electron chi connectivity index (χ3n) is 1.61. The molecule has 0 radical (unpaired) electrons. The minimum atomic E-state index is -4.43. The number of alkyl halides is 3. The number of ether oxygens (including phenoxy) is 1. The van der Waals surface area contributed by atoms with E-state index in [2.05, 4.69) is 0 Å². The van der Waals surface area contributed by atoms with Crippen LogP contribution in [0.15, 0.2) is 18.2 Å². The molecule has 0 amide bonds. The number of benzene rings is 1. The summed E-state index contributed by atoms with van der Waals surface area (Å²) in [6.45, 7) is 1.81. The van der Waals surface area contributed by atoms with E-state index in [4.69, 9.17) is 10.5 Å². The Morgan fingerprint density at radius 2 is 2.00 bits per heavy atom. The fourth-order valence-corrected chi connectivity index (χ4v) is 1.05. The average molecular weight is 205 g/mol. The Morgan fingerprint density at radius 3 is 2.50 bits per heavy atom. The molecule has 0 atom stereocenters. The van der Waals surface area contributed by atoms with Crippen molar-refractivity contribution in [1.29, 1.82) is 0 Å². The van der Waals surface area contributed by atoms with Crippen molar-refractivity contribution < 1.29 is 17.9 Å². The largest absolute Gasteiger partial charge is 0.493 e. The van der Waals surface area contributed by atoms with E-state index in [0.29, 0.717) is 0 Å². The van der Waals surface area contributed by atoms with Crippen LogP contribution in [0.4, 0.5) is 18.9 Å². The molecule has 0 aliphatic rings. The van der Waals surface area contributed by atoms with Crippen molar-refractivity contribution in [1.82, 2.24) is 0 Å². The Labute approximate surface area is 79.5 Å². The lowest BCUT2D eigenvalue weighted by atomic mass is 10.1. The van der Waals surface area contributed by atoms with Crippen LogP contribution >= 0.6 is 0 Å². The third-order valence-corrected chi connectivity index (χ3v) is 1.61. The van der Waals surface area contributed by atoms with E-state index in [0.717, 1.165) is 6.07 Å². The topological polar surface area (TPSA) is 35.2 Å². The number of anilines is 1. The predicted molar refractivity (Wildman–Crippen MR) is 47.0 cm³/mol. The monoisotopic (exact) mass is 205 g/mol. The van der Waals surface area contributed by atoms with Gasteiger partial charge in [0.15, 0.2) is 0 Å². The maximum absolute atomic E-state index is 12.4. The van der Waals surface area contributed by atoms with Gasteiger partial charge < -0.3 is 10.5 Å². The quantitative estimate of drug-likeness (QED) is 0.753. The molecule has 0 saturated carbocycles. The van der Waals surface area contributed by atoms with Crippen molar-refractivity contribution in [2.75, 3.05) is 12.3 Å². The molecule has 0 bridgehead atoms. The highest BCUT2D eigenvalue weighted by Gasteiger charge is 2.34. The Kier molecular flexibility index (Phi) is 2.88. The standard InChI is InChI=1S/C9H10F3NO/c1-2-14-8-4-3-6(13)5-7(8)9(10,11)12/h3-5H,2,13H2,1H3. The SMILES string of the molecule is CCOc1ccc(N)cc1C(F)(F)F. The Morgan fingerprint density at radius 1 is 1.36 bits per heavy atom. The molecule has 1 rings (SSSR count). The zero-order chi connectivity index (χ0) is 10.8. The molecular formula is C9H10F3NO. The van der Waals surface area contributed by atoms with E-state index in [9.17, 15) is 13.2 Å². The summed E-state index contributed by atoms with van der Waals surface area (Å²) in [6, 6.07) is 3.47. The lowest BCUT2D eigenvalue weighted by molar-refractivity contribution is -0.138. The summed E-state index contributed by atoms with van der Waals surface area (Å²) in [5.41, 5.74) is 4.50. The Bertz CT molecular complexity index is 322. The molecule has 1 aromatic rings. The number of hydrogen-bond donors (Lipinski definition) is 1. The van der Waals surface area contributed by atoms with Crippen molar-refractivity contribution in [3.05, 3.63) is 23.8 Å². The second kappa shape index (κ2) is 3.77. The summed E-state index contributed by atoms with van der Waals surface area (Å²) >= 11 is 0. The van der Waals surface area contributed by atoms with Crippen LogP contribution < -0.4 is 10.5 Å². The van der Waals surface area contributed by atoms with E-state index in [-0.39, 0.29) is 18.0 Å². The molecule has 0 aliphatic carbocycles. The van der Waals surface area contributed by atoms with Gasteiger partial charge in [0.2, 0.25) is 0 Å². The molecule has 78 valence electrons. The first-order valence-corrected chi connectivity index (χ1v) is 4.04. The second-order valence-corrected chi connectivity index (χ2v) is 2.69. The molecule has 0 unspecified atom stereocenters. The molecule has 0 fully saturated rings. The predicted octanol–water partition coefficient (Wildman–Crippen LogP) is 2.69. The Hall–Kier alpha value is -1.39. The first-order chi connectivity index (χ1) is 6.45. The molecule has 2 N–H and O–H groups in total. The van der Waals surface area contributed by atoms with Gasteiger partial charge in [-0.1, -0.05) is 0 Å². The van der Waals surface area contributed by atoms with Gasteiger partial charge in [-0.3, -0.25) is 0 Å². The highest BCUT2D eigenvalue weighted by Crippen LogP contribution is 2.37. The summed E-state index contributed by atoms with van der Waals surface area (Å²) in [5.74, 6) is -0.186. The van der Waals surface area contributed by atoms with E-state index in [1.165, 1.54) is 12.1 Å². The van der Waals surface area contributed by atoms with Crippen LogP contribution in [0.5, 0.6) is 5.75 Å². The van der Waals surface area contributed by atoms with Crippen LogP contribution in [0, 0.1) is 0 Å². The molecule has 0 saturated heterocycles. The zero-order valence-electron chi connectivity index (χ0n) is 7.56. The van der Waals surface area contributed by atoms with Gasteiger partial charge in [0.1, 0.15) is 5.75 Å². The number of nitrogen functional groups attached to an aromatic ring is 1. The number of rotatable bonds is 2. The lowest BCUT2D eigenvalue weighted by Gasteiger charge is -2.13. The summed E-state index contributed by atoms with van der Waals surface area (Å²) in [6.07, 6.45) is -4.43. The molecule has 0 spiro atoms. The van der Waals surface area contributed by atoms with Crippen molar-refractivity contribution in [2.24, 2.45) is 0 Å². The lowest BCUT2D eigenvalue weighted by Crippen LogP contribution is -2.09. The molecule has 0 heterocycles. The summed E-state index contributed by atoms with van der Waals surface area (Å²) < 4.78 is 42.1. The molecule has 5 heteroatoms. The van der Waals surface area contributed by atoms with Crippen LogP contribution in [0.2, 0.25) is 0 Å². The smallest absolute Gasteiger partial charge is 0.420 e. The zero-order valence-corrected chi connectivity index (χ0v) is 7.56. The van der Waals surface area contributed by atoms with Crippen molar-refractivity contribution in [3.8, 4) is 5.75 Å². The van der Waals surface area contributed by atoms with E-state index >= 15 is 0 Å². The van der Waals surface area contributed by atoms with Gasteiger partial charge in [-0.2, -0.15) is 13.2 Å². The highest BCUT2D eigenvalue weighted by atomic mass is 19.4. The van der Waals surface area contributed by atoms with Crippen molar-refractivity contribution in [3.63, 3.8) is 0 Å². The minimum absolute atomic E-state index is 0.0702. The summed E-state index contributed by atoms with van der Waals surface area (Å²) in [7, 11) is 0. The van der Waals surface area contributed by atoms with Crippen molar-refractivity contribution in [2.45, 2.75) is 13.1 Å². The van der Waals surface area contributed by atoms with Gasteiger partial charge in [0, 0.05) is 5.69 Å². The van der Waals surface area contributed by atoms with Crippen molar-refractivity contribution >= 4 is 5.69 Å². The maximum Gasteiger partial charge on any atom is 0.420 e. The number of hydrogen-bond acceptors (Lipinski definition) is 2. The van der Waals surface area contributed by atoms with Gasteiger partial charge in [-0.15, -0.1) is 0 Å². The van der Waals surface area contributed by atoms with E-state index in [1.807, 2.05) is 0 Å². The fourth-order valence-electron chi connectivity index (χ4n) is 1.05. The van der Waals surface area contributed by atoms with Gasteiger partial charge in [-0.05, 0) is 25.1 Å². The summed E-state index contributed by atoms with van der Waals surface area (Å²) in [5, 5.41) is 0. The number of halogens is 3. The molecule has 2 nitrogen and oxygen atoms in total. The second-order valence-electron chi connectivity index (χ2n) is 2.69. The van der Waals surface area contributed by atoms with Crippen LogP contribution in [-0.4, -0.2) is 6.61 Å². The molecular weight excluding hydrogens is 195 g/mol. The third kappa shape index (κ3) is 2.31. The van der Waals surface area contributed by atoms with Gasteiger partial charge in [-0.25, -0.2) is 0 Å². The normalized spacial score (nSPS) is 11.4. The summed E-state index contributed by atoms with van der Waals surface area (Å²) in [4.78, 5) is 0. The molecule has 1 aromatic carbocycles. The van der Waals surface area contributed by atoms with E-state index < -0.39 is 11.7 Å². The minimum Gasteiger partial charge on any atom is -0.493 e. The average Bonchev–Trinajstić information content (AvgIpc) is 2.07. The molecule has 0 aromatic heterocycles. The first kappa shape index (κ1) is 10.7. The van der Waals surface area contributed by atoms with Crippen LogP contribution in [0.25, 0.3) is 0 Å². The first-order valence-electron chi connectivity index (χ1n) is 4.04. The molecule has 0 aliphatic heterocycles. The van der Waals surface area contributed by atoms with Crippen LogP contribution in [-0.2, 0) is 6.18 Å². The van der Waals surface area contributed by atoms with Gasteiger partial charge in [0.05, 0.1) is 12.2 Å². The van der Waals surface area contributed by atoms with Crippen LogP contribution in [0.3, 0.4) is 0 Å². The van der Waals surface area contributed by atoms with Gasteiger partial charge >= 0.3 is 6.18 Å². The highest BCUT2D eigenvalue weighted by molar-refractivity contribution is 5.49. The van der Waals surface area contributed by atoms with Gasteiger partial charge in [0.25, 0.3) is 0 Å². The number of nitrogens with two attached hydrogens (primary N) is 1. The van der Waals surface area contributed by atoms with Crippen LogP contribution in [0.1, 0.15) is 12.5 Å². The molecule has 14 heavy (non-hydrogen) atoms. The maximum atomic E-state index is 12.4. The Balaban J connectivity index is 3.16.